The lowest BCUT2D eigenvalue weighted by molar-refractivity contribution is -0.679. The summed E-state index contributed by atoms with van der Waals surface area (Å²) >= 11 is 0. The third-order valence-electron chi connectivity index (χ3n) is 9.14. The zero-order chi connectivity index (χ0) is 28.9. The molecular weight excluding hydrogens is 517 g/mol. The van der Waals surface area contributed by atoms with Crippen LogP contribution in [0.2, 0.25) is 0 Å². The number of ether oxygens (including phenoxy) is 1. The van der Waals surface area contributed by atoms with Crippen molar-refractivity contribution in [1.29, 1.82) is 0 Å². The number of carbonyl (C=O) groups is 1. The van der Waals surface area contributed by atoms with E-state index in [-0.39, 0.29) is 23.7 Å². The number of anilines is 1. The molecule has 2 fully saturated rings. The first kappa shape index (κ1) is 29.2. The Balaban J connectivity index is 1.22. The standard InChI is InChI=1S/C33H45FN5O2/c1-5-24-20-27(25-9-6-7-10-25)29(36-33(24)26-13-14-28(34)23(2)19-26)11-8-12-31(40)39-17-15-38(16-18-39)30-21-32(41-4)37(3)22-35-30/h13-14,19-22,24-25,29H,5-12,15-18H2,1-4H3/q+1. The van der Waals surface area contributed by atoms with E-state index in [1.807, 2.05) is 41.6 Å². The SMILES string of the molecule is CCC1C=C(C2CCCC2)C(CCCC(=O)N2CCN(c3cc(OC)[n+](C)cn3)CC2)N=C1c1ccc(F)c(C)c1. The van der Waals surface area contributed by atoms with Crippen molar-refractivity contribution in [2.75, 3.05) is 38.2 Å². The van der Waals surface area contributed by atoms with Gasteiger partial charge in [0, 0.05) is 44.2 Å². The van der Waals surface area contributed by atoms with Crippen LogP contribution in [0.3, 0.4) is 0 Å². The molecule has 2 unspecified atom stereocenters. The molecule has 1 amide bonds. The van der Waals surface area contributed by atoms with E-state index in [0.29, 0.717) is 31.0 Å². The summed E-state index contributed by atoms with van der Waals surface area (Å²) in [4.78, 5) is 27.3. The Hall–Kier alpha value is -3.29. The molecule has 1 aromatic carbocycles. The number of aryl methyl sites for hydroxylation is 2. The molecule has 3 heterocycles. The normalized spacial score (nSPS) is 21.6. The van der Waals surface area contributed by atoms with Gasteiger partial charge >= 0.3 is 0 Å². The van der Waals surface area contributed by atoms with Gasteiger partial charge in [0.25, 0.3) is 18.0 Å². The van der Waals surface area contributed by atoms with Crippen molar-refractivity contribution >= 4 is 17.4 Å². The van der Waals surface area contributed by atoms with Gasteiger partial charge in [0.15, 0.2) is 0 Å². The van der Waals surface area contributed by atoms with Crippen LogP contribution in [0.5, 0.6) is 5.88 Å². The number of methoxy groups -OCH3 is 1. The summed E-state index contributed by atoms with van der Waals surface area (Å²) in [6, 6.07) is 7.42. The van der Waals surface area contributed by atoms with Gasteiger partial charge in [-0.05, 0) is 78.8 Å². The van der Waals surface area contributed by atoms with Gasteiger partial charge in [0.2, 0.25) is 5.91 Å². The topological polar surface area (TPSA) is 61.9 Å². The fourth-order valence-electron chi connectivity index (χ4n) is 6.68. The number of hydrogen-bond donors (Lipinski definition) is 0. The van der Waals surface area contributed by atoms with E-state index in [0.717, 1.165) is 55.3 Å². The highest BCUT2D eigenvalue weighted by molar-refractivity contribution is 6.04. The van der Waals surface area contributed by atoms with Crippen molar-refractivity contribution in [2.24, 2.45) is 23.9 Å². The molecule has 41 heavy (non-hydrogen) atoms. The van der Waals surface area contributed by atoms with E-state index in [2.05, 4.69) is 22.9 Å². The van der Waals surface area contributed by atoms with Crippen molar-refractivity contribution in [1.82, 2.24) is 9.88 Å². The number of carbonyl (C=O) groups excluding carboxylic acids is 1. The van der Waals surface area contributed by atoms with Crippen molar-refractivity contribution in [3.05, 3.63) is 59.2 Å². The molecule has 5 rings (SSSR count). The van der Waals surface area contributed by atoms with Gasteiger partial charge in [0.1, 0.15) is 5.82 Å². The van der Waals surface area contributed by atoms with Crippen LogP contribution < -0.4 is 14.2 Å². The molecule has 0 spiro atoms. The van der Waals surface area contributed by atoms with Gasteiger partial charge in [0.05, 0.1) is 26.3 Å². The first-order chi connectivity index (χ1) is 19.9. The molecular formula is C33H45FN5O2+. The van der Waals surface area contributed by atoms with Crippen LogP contribution in [0.25, 0.3) is 0 Å². The van der Waals surface area contributed by atoms with E-state index >= 15 is 0 Å². The lowest BCUT2D eigenvalue weighted by Crippen LogP contribution is -2.49. The Labute approximate surface area is 244 Å². The van der Waals surface area contributed by atoms with Crippen LogP contribution in [0, 0.1) is 24.6 Å². The van der Waals surface area contributed by atoms with E-state index in [1.165, 1.54) is 31.3 Å². The summed E-state index contributed by atoms with van der Waals surface area (Å²) in [5.74, 6) is 2.54. The molecule has 1 aromatic heterocycles. The highest BCUT2D eigenvalue weighted by Gasteiger charge is 2.32. The molecule has 0 bridgehead atoms. The largest absolute Gasteiger partial charge is 0.465 e. The van der Waals surface area contributed by atoms with Crippen LogP contribution >= 0.6 is 0 Å². The van der Waals surface area contributed by atoms with Gasteiger partial charge in [-0.25, -0.2) is 8.96 Å². The highest BCUT2D eigenvalue weighted by Crippen LogP contribution is 2.39. The number of hydrogen-bond acceptors (Lipinski definition) is 5. The number of dihydropyridines is 1. The molecule has 3 aliphatic rings. The van der Waals surface area contributed by atoms with Crippen molar-refractivity contribution in [3.8, 4) is 5.88 Å². The number of rotatable bonds is 9. The number of aliphatic imine (C=N–C) groups is 1. The predicted molar refractivity (Wildman–Crippen MR) is 160 cm³/mol. The van der Waals surface area contributed by atoms with E-state index in [9.17, 15) is 9.18 Å². The molecule has 8 heteroatoms. The zero-order valence-electron chi connectivity index (χ0n) is 25.1. The minimum atomic E-state index is -0.176. The number of piperazine rings is 1. The molecule has 2 aliphatic heterocycles. The molecule has 0 N–H and O–H groups in total. The first-order valence-electron chi connectivity index (χ1n) is 15.4. The van der Waals surface area contributed by atoms with Crippen LogP contribution in [0.15, 0.2) is 47.2 Å². The highest BCUT2D eigenvalue weighted by atomic mass is 19.1. The number of halogens is 1. The fraction of sp³-hybridized carbons (Fsp3) is 0.576. The maximum absolute atomic E-state index is 14.0. The molecule has 1 saturated heterocycles. The van der Waals surface area contributed by atoms with Gasteiger partial charge < -0.3 is 14.5 Å². The second kappa shape index (κ2) is 13.1. The number of benzene rings is 1. The summed E-state index contributed by atoms with van der Waals surface area (Å²) in [5.41, 5.74) is 4.24. The average molecular weight is 563 g/mol. The number of allylic oxidation sites excluding steroid dienone is 1. The molecule has 1 aliphatic carbocycles. The smallest absolute Gasteiger partial charge is 0.291 e. The number of nitrogens with zero attached hydrogens (tertiary/aromatic N) is 5. The van der Waals surface area contributed by atoms with Gasteiger partial charge in [-0.1, -0.05) is 31.9 Å². The van der Waals surface area contributed by atoms with Crippen LogP contribution in [-0.2, 0) is 11.8 Å². The lowest BCUT2D eigenvalue weighted by atomic mass is 9.80. The van der Waals surface area contributed by atoms with Gasteiger partial charge in [-0.15, -0.1) is 0 Å². The Morgan fingerprint density at radius 1 is 1.15 bits per heavy atom. The summed E-state index contributed by atoms with van der Waals surface area (Å²) in [6.45, 7) is 6.95. The van der Waals surface area contributed by atoms with Crippen LogP contribution in [-0.4, -0.2) is 60.8 Å². The maximum atomic E-state index is 14.0. The molecule has 1 saturated carbocycles. The van der Waals surface area contributed by atoms with Crippen LogP contribution in [0.1, 0.15) is 69.4 Å². The Morgan fingerprint density at radius 3 is 2.59 bits per heavy atom. The summed E-state index contributed by atoms with van der Waals surface area (Å²) in [7, 11) is 3.57. The molecule has 2 aromatic rings. The fourth-order valence-corrected chi connectivity index (χ4v) is 6.68. The maximum Gasteiger partial charge on any atom is 0.291 e. The van der Waals surface area contributed by atoms with Gasteiger partial charge in [-0.2, -0.15) is 0 Å². The summed E-state index contributed by atoms with van der Waals surface area (Å²) in [5, 5.41) is 0. The van der Waals surface area contributed by atoms with Crippen molar-refractivity contribution in [2.45, 2.75) is 71.3 Å². The lowest BCUT2D eigenvalue weighted by Gasteiger charge is -2.34. The average Bonchev–Trinajstić information content (AvgIpc) is 3.53. The van der Waals surface area contributed by atoms with Crippen molar-refractivity contribution < 1.29 is 18.5 Å². The molecule has 220 valence electrons. The molecule has 7 nitrogen and oxygen atoms in total. The molecule has 2 atom stereocenters. The predicted octanol–water partition coefficient (Wildman–Crippen LogP) is 5.20. The number of aromatic nitrogens is 2. The van der Waals surface area contributed by atoms with E-state index < -0.39 is 0 Å². The third kappa shape index (κ3) is 6.62. The summed E-state index contributed by atoms with van der Waals surface area (Å²) < 4.78 is 21.3. The Morgan fingerprint density at radius 2 is 1.90 bits per heavy atom. The Bertz CT molecular complexity index is 1290. The minimum Gasteiger partial charge on any atom is -0.465 e. The monoisotopic (exact) mass is 562 g/mol. The van der Waals surface area contributed by atoms with Crippen molar-refractivity contribution in [3.63, 3.8) is 0 Å². The van der Waals surface area contributed by atoms with Gasteiger partial charge in [-0.3, -0.25) is 9.79 Å². The van der Waals surface area contributed by atoms with E-state index in [1.54, 1.807) is 19.5 Å². The zero-order valence-corrected chi connectivity index (χ0v) is 25.1. The first-order valence-corrected chi connectivity index (χ1v) is 15.4. The number of amides is 1. The summed E-state index contributed by atoms with van der Waals surface area (Å²) in [6.07, 6.45) is 12.5. The minimum absolute atomic E-state index is 0.103. The van der Waals surface area contributed by atoms with E-state index in [4.69, 9.17) is 9.73 Å². The second-order valence-electron chi connectivity index (χ2n) is 11.8. The molecule has 0 radical (unpaired) electrons. The second-order valence-corrected chi connectivity index (χ2v) is 11.8. The quantitative estimate of drug-likeness (QED) is 0.312. The Kier molecular flexibility index (Phi) is 9.35. The van der Waals surface area contributed by atoms with Crippen LogP contribution in [0.4, 0.5) is 10.2 Å². The third-order valence-corrected chi connectivity index (χ3v) is 9.14.